The molecule has 2 heteroatoms. The summed E-state index contributed by atoms with van der Waals surface area (Å²) >= 11 is 3.68. The number of halogens is 1. The molecule has 1 heterocycles. The lowest BCUT2D eigenvalue weighted by molar-refractivity contribution is 0.631. The van der Waals surface area contributed by atoms with Crippen molar-refractivity contribution in [2.45, 2.75) is 0 Å². The van der Waals surface area contributed by atoms with Crippen molar-refractivity contribution in [1.82, 2.24) is 0 Å². The zero-order valence-electron chi connectivity index (χ0n) is 11.8. The normalized spacial score (nSPS) is 11.0. The summed E-state index contributed by atoms with van der Waals surface area (Å²) in [5.74, 6) is 0.890. The summed E-state index contributed by atoms with van der Waals surface area (Å²) in [7, 11) is 0. The molecule has 0 bridgehead atoms. The SMILES string of the molecule is Brc1cc(-c2cc3ccccc3o2)ccc1-c1ccccc1. The maximum Gasteiger partial charge on any atom is 0.135 e. The molecule has 3 aromatic carbocycles. The summed E-state index contributed by atoms with van der Waals surface area (Å²) in [6, 6.07) is 26.8. The second-order valence-electron chi connectivity index (χ2n) is 5.21. The van der Waals surface area contributed by atoms with E-state index in [2.05, 4.69) is 70.5 Å². The third-order valence-corrected chi connectivity index (χ3v) is 4.42. The molecule has 0 spiro atoms. The van der Waals surface area contributed by atoms with E-state index in [1.807, 2.05) is 24.3 Å². The van der Waals surface area contributed by atoms with Crippen molar-refractivity contribution < 1.29 is 4.42 Å². The van der Waals surface area contributed by atoms with Crippen LogP contribution in [0.15, 0.2) is 87.8 Å². The number of hydrogen-bond donors (Lipinski definition) is 0. The number of rotatable bonds is 2. The van der Waals surface area contributed by atoms with Crippen LogP contribution >= 0.6 is 15.9 Å². The van der Waals surface area contributed by atoms with Crippen LogP contribution in [0, 0.1) is 0 Å². The van der Waals surface area contributed by atoms with E-state index in [0.29, 0.717) is 0 Å². The molecule has 0 fully saturated rings. The Bertz CT molecular complexity index is 905. The molecule has 1 aromatic heterocycles. The molecule has 0 radical (unpaired) electrons. The molecular weight excluding hydrogens is 336 g/mol. The van der Waals surface area contributed by atoms with Crippen LogP contribution in [0.1, 0.15) is 0 Å². The molecule has 4 aromatic rings. The zero-order valence-corrected chi connectivity index (χ0v) is 13.4. The van der Waals surface area contributed by atoms with E-state index in [0.717, 1.165) is 26.8 Å². The second kappa shape index (κ2) is 5.47. The zero-order chi connectivity index (χ0) is 14.9. The van der Waals surface area contributed by atoms with E-state index in [-0.39, 0.29) is 0 Å². The molecule has 0 unspecified atom stereocenters. The van der Waals surface area contributed by atoms with E-state index in [1.165, 1.54) is 11.1 Å². The first-order chi connectivity index (χ1) is 10.8. The van der Waals surface area contributed by atoms with Gasteiger partial charge in [0.15, 0.2) is 0 Å². The van der Waals surface area contributed by atoms with Gasteiger partial charge in [-0.2, -0.15) is 0 Å². The number of benzene rings is 3. The average molecular weight is 349 g/mol. The van der Waals surface area contributed by atoms with Crippen molar-refractivity contribution in [3.05, 3.63) is 83.3 Å². The van der Waals surface area contributed by atoms with Crippen LogP contribution in [0.2, 0.25) is 0 Å². The largest absolute Gasteiger partial charge is 0.456 e. The summed E-state index contributed by atoms with van der Waals surface area (Å²) in [5.41, 5.74) is 4.37. The van der Waals surface area contributed by atoms with Crippen LogP contribution in [0.4, 0.5) is 0 Å². The van der Waals surface area contributed by atoms with Crippen molar-refractivity contribution in [2.24, 2.45) is 0 Å². The van der Waals surface area contributed by atoms with Gasteiger partial charge in [-0.25, -0.2) is 0 Å². The van der Waals surface area contributed by atoms with Gasteiger partial charge in [0.1, 0.15) is 11.3 Å². The van der Waals surface area contributed by atoms with Crippen LogP contribution in [0.25, 0.3) is 33.4 Å². The Balaban J connectivity index is 1.79. The molecular formula is C20H13BrO. The van der Waals surface area contributed by atoms with Crippen molar-refractivity contribution >= 4 is 26.9 Å². The van der Waals surface area contributed by atoms with Gasteiger partial charge in [-0.3, -0.25) is 0 Å². The van der Waals surface area contributed by atoms with E-state index in [4.69, 9.17) is 4.42 Å². The average Bonchev–Trinajstić information content (AvgIpc) is 2.99. The topological polar surface area (TPSA) is 13.1 Å². The van der Waals surface area contributed by atoms with Gasteiger partial charge in [-0.15, -0.1) is 0 Å². The van der Waals surface area contributed by atoms with Crippen molar-refractivity contribution in [3.8, 4) is 22.5 Å². The van der Waals surface area contributed by atoms with Crippen molar-refractivity contribution in [2.75, 3.05) is 0 Å². The van der Waals surface area contributed by atoms with E-state index in [9.17, 15) is 0 Å². The first-order valence-corrected chi connectivity index (χ1v) is 7.94. The lowest BCUT2D eigenvalue weighted by Crippen LogP contribution is -1.81. The number of fused-ring (bicyclic) bond motifs is 1. The number of para-hydroxylation sites is 1. The lowest BCUT2D eigenvalue weighted by Gasteiger charge is -2.06. The Morgan fingerprint density at radius 1 is 0.682 bits per heavy atom. The Morgan fingerprint density at radius 2 is 1.45 bits per heavy atom. The minimum Gasteiger partial charge on any atom is -0.456 e. The van der Waals surface area contributed by atoms with Gasteiger partial charge in [-0.1, -0.05) is 76.6 Å². The fourth-order valence-corrected chi connectivity index (χ4v) is 3.25. The summed E-state index contributed by atoms with van der Waals surface area (Å²) in [6.07, 6.45) is 0. The maximum absolute atomic E-state index is 5.93. The van der Waals surface area contributed by atoms with Crippen LogP contribution in [-0.4, -0.2) is 0 Å². The minimum atomic E-state index is 0.890. The quantitative estimate of drug-likeness (QED) is 0.401. The Labute approximate surface area is 137 Å². The highest BCUT2D eigenvalue weighted by atomic mass is 79.9. The van der Waals surface area contributed by atoms with Gasteiger partial charge in [0.25, 0.3) is 0 Å². The highest BCUT2D eigenvalue weighted by molar-refractivity contribution is 9.10. The maximum atomic E-state index is 5.93. The molecule has 1 nitrogen and oxygen atoms in total. The second-order valence-corrected chi connectivity index (χ2v) is 6.06. The third-order valence-electron chi connectivity index (χ3n) is 3.76. The molecule has 4 rings (SSSR count). The van der Waals surface area contributed by atoms with Gasteiger partial charge >= 0.3 is 0 Å². The molecule has 0 saturated carbocycles. The number of hydrogen-bond acceptors (Lipinski definition) is 1. The van der Waals surface area contributed by atoms with E-state index >= 15 is 0 Å². The van der Waals surface area contributed by atoms with Gasteiger partial charge in [-0.05, 0) is 29.3 Å². The molecule has 0 aliphatic rings. The van der Waals surface area contributed by atoms with Gasteiger partial charge in [0.05, 0.1) is 0 Å². The standard InChI is InChI=1S/C20H13BrO/c21-18-12-16(10-11-17(18)14-6-2-1-3-7-14)20-13-15-8-4-5-9-19(15)22-20/h1-13H. The first kappa shape index (κ1) is 13.4. The molecule has 0 saturated heterocycles. The molecule has 0 aliphatic carbocycles. The molecule has 0 atom stereocenters. The summed E-state index contributed by atoms with van der Waals surface area (Å²) < 4.78 is 7.00. The summed E-state index contributed by atoms with van der Waals surface area (Å²) in [6.45, 7) is 0. The number of furan rings is 1. The highest BCUT2D eigenvalue weighted by Gasteiger charge is 2.09. The molecule has 106 valence electrons. The fraction of sp³-hybridized carbons (Fsp3) is 0. The van der Waals surface area contributed by atoms with Crippen LogP contribution in [-0.2, 0) is 0 Å². The molecule has 22 heavy (non-hydrogen) atoms. The molecule has 0 amide bonds. The smallest absolute Gasteiger partial charge is 0.135 e. The van der Waals surface area contributed by atoms with Crippen LogP contribution < -0.4 is 0 Å². The Kier molecular flexibility index (Phi) is 3.32. The highest BCUT2D eigenvalue weighted by Crippen LogP contribution is 2.34. The van der Waals surface area contributed by atoms with Crippen molar-refractivity contribution in [3.63, 3.8) is 0 Å². The Hall–Kier alpha value is -2.32. The van der Waals surface area contributed by atoms with Gasteiger partial charge < -0.3 is 4.42 Å². The van der Waals surface area contributed by atoms with Gasteiger partial charge in [0.2, 0.25) is 0 Å². The first-order valence-electron chi connectivity index (χ1n) is 7.15. The van der Waals surface area contributed by atoms with E-state index < -0.39 is 0 Å². The van der Waals surface area contributed by atoms with Crippen LogP contribution in [0.3, 0.4) is 0 Å². The molecule has 0 aliphatic heterocycles. The van der Waals surface area contributed by atoms with Crippen molar-refractivity contribution in [1.29, 1.82) is 0 Å². The lowest BCUT2D eigenvalue weighted by atomic mass is 10.0. The predicted molar refractivity (Wildman–Crippen MR) is 94.8 cm³/mol. The summed E-state index contributed by atoms with van der Waals surface area (Å²) in [5, 5.41) is 1.13. The third kappa shape index (κ3) is 2.36. The van der Waals surface area contributed by atoms with Gasteiger partial charge in [0, 0.05) is 15.4 Å². The van der Waals surface area contributed by atoms with E-state index in [1.54, 1.807) is 0 Å². The monoisotopic (exact) mass is 348 g/mol. The Morgan fingerprint density at radius 3 is 2.23 bits per heavy atom. The predicted octanol–water partition coefficient (Wildman–Crippen LogP) is 6.53. The minimum absolute atomic E-state index is 0.890. The molecule has 0 N–H and O–H groups in total. The summed E-state index contributed by atoms with van der Waals surface area (Å²) in [4.78, 5) is 0. The van der Waals surface area contributed by atoms with Crippen LogP contribution in [0.5, 0.6) is 0 Å². The fourth-order valence-electron chi connectivity index (χ4n) is 2.64.